The number of hydrogen-bond acceptors (Lipinski definition) is 5. The Morgan fingerprint density at radius 3 is 2.61 bits per heavy atom. The lowest BCUT2D eigenvalue weighted by Crippen LogP contribution is -2.41. The molecule has 0 radical (unpaired) electrons. The third kappa shape index (κ3) is 4.94. The van der Waals surface area contributed by atoms with E-state index in [0.717, 1.165) is 49.7 Å². The molecule has 2 aliphatic heterocycles. The Labute approximate surface area is 141 Å². The SMILES string of the molecule is O=C(NCc1ccc(CN2CCC(O)CC2)cc1)C1CSCN1. The fourth-order valence-electron chi connectivity index (χ4n) is 2.97. The zero-order chi connectivity index (χ0) is 16.1. The number of nitrogens with one attached hydrogen (secondary N) is 2. The Bertz CT molecular complexity index is 509. The average Bonchev–Trinajstić information content (AvgIpc) is 3.11. The van der Waals surface area contributed by atoms with Gasteiger partial charge in [-0.1, -0.05) is 24.3 Å². The van der Waals surface area contributed by atoms with Gasteiger partial charge in [0.15, 0.2) is 0 Å². The van der Waals surface area contributed by atoms with Crippen molar-refractivity contribution in [1.82, 2.24) is 15.5 Å². The van der Waals surface area contributed by atoms with Gasteiger partial charge in [0.2, 0.25) is 5.91 Å². The Hall–Kier alpha value is -1.08. The number of rotatable bonds is 5. The van der Waals surface area contributed by atoms with Gasteiger partial charge >= 0.3 is 0 Å². The maximum atomic E-state index is 12.0. The Morgan fingerprint density at radius 2 is 1.96 bits per heavy atom. The first kappa shape index (κ1) is 16.8. The Kier molecular flexibility index (Phi) is 5.94. The molecule has 0 aliphatic carbocycles. The quantitative estimate of drug-likeness (QED) is 0.747. The summed E-state index contributed by atoms with van der Waals surface area (Å²) < 4.78 is 0. The molecule has 0 spiro atoms. The first-order chi connectivity index (χ1) is 11.2. The van der Waals surface area contributed by atoms with E-state index in [1.807, 2.05) is 0 Å². The lowest BCUT2D eigenvalue weighted by atomic mass is 10.1. The predicted octanol–water partition coefficient (Wildman–Crippen LogP) is 0.922. The molecule has 2 heterocycles. The second kappa shape index (κ2) is 8.15. The minimum absolute atomic E-state index is 0.0475. The number of aliphatic hydroxyl groups excluding tert-OH is 1. The minimum atomic E-state index is -0.120. The predicted molar refractivity (Wildman–Crippen MR) is 93.1 cm³/mol. The van der Waals surface area contributed by atoms with Crippen LogP contribution in [0.15, 0.2) is 24.3 Å². The maximum Gasteiger partial charge on any atom is 0.238 e. The van der Waals surface area contributed by atoms with E-state index in [2.05, 4.69) is 39.8 Å². The summed E-state index contributed by atoms with van der Waals surface area (Å²) in [6.45, 7) is 3.44. The van der Waals surface area contributed by atoms with Crippen LogP contribution in [0.3, 0.4) is 0 Å². The largest absolute Gasteiger partial charge is 0.393 e. The smallest absolute Gasteiger partial charge is 0.238 e. The summed E-state index contributed by atoms with van der Waals surface area (Å²) in [5.74, 6) is 1.81. The van der Waals surface area contributed by atoms with Crippen LogP contribution in [-0.2, 0) is 17.9 Å². The first-order valence-electron chi connectivity index (χ1n) is 8.28. The summed E-state index contributed by atoms with van der Waals surface area (Å²) >= 11 is 1.76. The molecule has 23 heavy (non-hydrogen) atoms. The van der Waals surface area contributed by atoms with E-state index < -0.39 is 0 Å². The van der Waals surface area contributed by atoms with Gasteiger partial charge in [0.25, 0.3) is 0 Å². The number of nitrogens with zero attached hydrogens (tertiary/aromatic N) is 1. The molecule has 3 N–H and O–H groups in total. The lowest BCUT2D eigenvalue weighted by molar-refractivity contribution is -0.122. The van der Waals surface area contributed by atoms with Crippen LogP contribution in [0.4, 0.5) is 0 Å². The molecule has 1 aromatic rings. The van der Waals surface area contributed by atoms with Crippen LogP contribution in [-0.4, -0.2) is 52.8 Å². The van der Waals surface area contributed by atoms with Gasteiger partial charge in [-0.25, -0.2) is 0 Å². The third-order valence-electron chi connectivity index (χ3n) is 4.49. The van der Waals surface area contributed by atoms with Gasteiger partial charge in [0.05, 0.1) is 12.1 Å². The van der Waals surface area contributed by atoms with Crippen LogP contribution in [0.2, 0.25) is 0 Å². The van der Waals surface area contributed by atoms with Crippen LogP contribution < -0.4 is 10.6 Å². The summed E-state index contributed by atoms with van der Waals surface area (Å²) in [5, 5.41) is 15.7. The van der Waals surface area contributed by atoms with Crippen molar-refractivity contribution in [2.24, 2.45) is 0 Å². The number of thioether (sulfide) groups is 1. The minimum Gasteiger partial charge on any atom is -0.393 e. The summed E-state index contributed by atoms with van der Waals surface area (Å²) in [6.07, 6.45) is 1.62. The molecular formula is C17H25N3O2S. The van der Waals surface area contributed by atoms with Crippen LogP contribution in [0.5, 0.6) is 0 Å². The molecule has 0 bridgehead atoms. The molecular weight excluding hydrogens is 310 g/mol. The van der Waals surface area contributed by atoms with Crippen molar-refractivity contribution in [1.29, 1.82) is 0 Å². The zero-order valence-corrected chi connectivity index (χ0v) is 14.1. The normalized spacial score (nSPS) is 23.1. The fraction of sp³-hybridized carbons (Fsp3) is 0.588. The highest BCUT2D eigenvalue weighted by Gasteiger charge is 2.22. The number of likely N-dealkylation sites (tertiary alicyclic amines) is 1. The fourth-order valence-corrected chi connectivity index (χ4v) is 3.92. The molecule has 2 fully saturated rings. The van der Waals surface area contributed by atoms with Gasteiger partial charge in [-0.05, 0) is 24.0 Å². The van der Waals surface area contributed by atoms with Gasteiger partial charge in [0.1, 0.15) is 0 Å². The van der Waals surface area contributed by atoms with Gasteiger partial charge in [-0.3, -0.25) is 15.0 Å². The Balaban J connectivity index is 1.44. The molecule has 1 atom stereocenters. The van der Waals surface area contributed by atoms with E-state index in [4.69, 9.17) is 0 Å². The highest BCUT2D eigenvalue weighted by Crippen LogP contribution is 2.14. The third-order valence-corrected chi connectivity index (χ3v) is 5.43. The van der Waals surface area contributed by atoms with Gasteiger partial charge in [-0.2, -0.15) is 0 Å². The van der Waals surface area contributed by atoms with E-state index >= 15 is 0 Å². The molecule has 5 nitrogen and oxygen atoms in total. The van der Waals surface area contributed by atoms with E-state index in [1.165, 1.54) is 5.56 Å². The number of piperidine rings is 1. The zero-order valence-electron chi connectivity index (χ0n) is 13.3. The Morgan fingerprint density at radius 1 is 1.26 bits per heavy atom. The molecule has 2 saturated heterocycles. The van der Waals surface area contributed by atoms with Crippen molar-refractivity contribution in [3.8, 4) is 0 Å². The highest BCUT2D eigenvalue weighted by molar-refractivity contribution is 7.99. The molecule has 0 aromatic heterocycles. The molecule has 126 valence electrons. The second-order valence-electron chi connectivity index (χ2n) is 6.31. The van der Waals surface area contributed by atoms with E-state index in [-0.39, 0.29) is 18.1 Å². The number of carbonyl (C=O) groups is 1. The number of aliphatic hydroxyl groups is 1. The van der Waals surface area contributed by atoms with E-state index in [9.17, 15) is 9.90 Å². The van der Waals surface area contributed by atoms with Crippen molar-refractivity contribution < 1.29 is 9.90 Å². The van der Waals surface area contributed by atoms with Gasteiger partial charge in [0, 0.05) is 37.8 Å². The van der Waals surface area contributed by atoms with Crippen LogP contribution in [0.25, 0.3) is 0 Å². The lowest BCUT2D eigenvalue weighted by Gasteiger charge is -2.29. The maximum absolute atomic E-state index is 12.0. The molecule has 1 unspecified atom stereocenters. The van der Waals surface area contributed by atoms with Crippen molar-refractivity contribution in [2.45, 2.75) is 38.1 Å². The molecule has 1 amide bonds. The summed E-state index contributed by atoms with van der Waals surface area (Å²) in [7, 11) is 0. The van der Waals surface area contributed by atoms with Crippen LogP contribution in [0.1, 0.15) is 24.0 Å². The van der Waals surface area contributed by atoms with Crippen molar-refractivity contribution in [3.05, 3.63) is 35.4 Å². The number of amides is 1. The molecule has 2 aliphatic rings. The summed E-state index contributed by atoms with van der Waals surface area (Å²) in [4.78, 5) is 14.3. The summed E-state index contributed by atoms with van der Waals surface area (Å²) in [6, 6.07) is 8.40. The topological polar surface area (TPSA) is 64.6 Å². The van der Waals surface area contributed by atoms with Crippen LogP contribution >= 0.6 is 11.8 Å². The highest BCUT2D eigenvalue weighted by atomic mass is 32.2. The van der Waals surface area contributed by atoms with Crippen molar-refractivity contribution in [2.75, 3.05) is 24.7 Å². The van der Waals surface area contributed by atoms with Crippen molar-refractivity contribution >= 4 is 17.7 Å². The monoisotopic (exact) mass is 335 g/mol. The van der Waals surface area contributed by atoms with Gasteiger partial charge in [-0.15, -0.1) is 11.8 Å². The van der Waals surface area contributed by atoms with E-state index in [0.29, 0.717) is 6.54 Å². The van der Waals surface area contributed by atoms with Crippen molar-refractivity contribution in [3.63, 3.8) is 0 Å². The second-order valence-corrected chi connectivity index (χ2v) is 7.34. The number of hydrogen-bond donors (Lipinski definition) is 3. The first-order valence-corrected chi connectivity index (χ1v) is 9.43. The standard InChI is InChI=1S/C17H25N3O2S/c21-15-5-7-20(8-6-15)10-14-3-1-13(2-4-14)9-18-17(22)16-11-23-12-19-16/h1-4,15-16,19,21H,5-12H2,(H,18,22). The molecule has 0 saturated carbocycles. The molecule has 1 aromatic carbocycles. The van der Waals surface area contributed by atoms with Gasteiger partial charge < -0.3 is 10.4 Å². The molecule has 6 heteroatoms. The average molecular weight is 335 g/mol. The van der Waals surface area contributed by atoms with E-state index in [1.54, 1.807) is 11.8 Å². The number of carbonyl (C=O) groups excluding carboxylic acids is 1. The molecule has 3 rings (SSSR count). The van der Waals surface area contributed by atoms with Crippen LogP contribution in [0, 0.1) is 0 Å². The number of benzene rings is 1. The summed E-state index contributed by atoms with van der Waals surface area (Å²) in [5.41, 5.74) is 2.41.